The molecule has 0 radical (unpaired) electrons. The second kappa shape index (κ2) is 17.4. The van der Waals surface area contributed by atoms with Gasteiger partial charge in [0.25, 0.3) is 0 Å². The van der Waals surface area contributed by atoms with Crippen LogP contribution in [0.4, 0.5) is 0 Å². The Labute approximate surface area is 240 Å². The van der Waals surface area contributed by atoms with Crippen LogP contribution in [0.25, 0.3) is 0 Å². The monoisotopic (exact) mass is 543 g/mol. The van der Waals surface area contributed by atoms with Crippen molar-refractivity contribution in [2.45, 2.75) is 76.9 Å². The summed E-state index contributed by atoms with van der Waals surface area (Å²) in [6, 6.07) is 28.2. The van der Waals surface area contributed by atoms with E-state index < -0.39 is 0 Å². The van der Waals surface area contributed by atoms with E-state index in [2.05, 4.69) is 29.2 Å². The highest BCUT2D eigenvalue weighted by molar-refractivity contribution is 5.76. The molecule has 3 aromatic carbocycles. The van der Waals surface area contributed by atoms with Gasteiger partial charge in [0.15, 0.2) is 0 Å². The lowest BCUT2D eigenvalue weighted by Crippen LogP contribution is -2.46. The fraction of sp³-hybridized carbons (Fsp3) is 0.457. The van der Waals surface area contributed by atoms with Gasteiger partial charge in [-0.3, -0.25) is 9.69 Å². The van der Waals surface area contributed by atoms with Crippen molar-refractivity contribution in [1.82, 2.24) is 4.90 Å². The number of likely N-dealkylation sites (tertiary alicyclic amines) is 1. The number of unbranched alkanes of at least 4 members (excludes halogenated alkanes) is 5. The maximum absolute atomic E-state index is 13.0. The average molecular weight is 544 g/mol. The molecular weight excluding hydrogens is 498 g/mol. The van der Waals surface area contributed by atoms with E-state index in [1.54, 1.807) is 0 Å². The summed E-state index contributed by atoms with van der Waals surface area (Å²) >= 11 is 0. The standard InChI is InChI=1S/C35H45NO4/c37-35(34(36-24-12-7-13-25-36)28-30-16-8-5-9-17-30)39-27-15-4-2-1-3-14-26-38-32-20-22-33(23-21-32)40-29-31-18-10-6-11-19-31/h5-6,8-11,16-23,34H,1-4,7,12-15,24-29H2. The fourth-order valence-corrected chi connectivity index (χ4v) is 5.17. The first-order valence-corrected chi connectivity index (χ1v) is 15.1. The van der Waals surface area contributed by atoms with Crippen LogP contribution >= 0.6 is 0 Å². The Morgan fingerprint density at radius 2 is 1.18 bits per heavy atom. The molecule has 5 nitrogen and oxygen atoms in total. The summed E-state index contributed by atoms with van der Waals surface area (Å²) < 4.78 is 17.5. The first-order valence-electron chi connectivity index (χ1n) is 15.1. The Balaban J connectivity index is 1.03. The quantitative estimate of drug-likeness (QED) is 0.129. The summed E-state index contributed by atoms with van der Waals surface area (Å²) in [6.07, 6.45) is 10.9. The minimum atomic E-state index is -0.166. The largest absolute Gasteiger partial charge is 0.494 e. The van der Waals surface area contributed by atoms with Crippen molar-refractivity contribution in [1.29, 1.82) is 0 Å². The molecule has 5 heteroatoms. The molecule has 1 heterocycles. The van der Waals surface area contributed by atoms with Crippen molar-refractivity contribution < 1.29 is 19.0 Å². The summed E-state index contributed by atoms with van der Waals surface area (Å²) in [6.45, 7) is 3.79. The number of esters is 1. The van der Waals surface area contributed by atoms with Gasteiger partial charge in [0.1, 0.15) is 24.1 Å². The minimum absolute atomic E-state index is 0.0568. The van der Waals surface area contributed by atoms with Gasteiger partial charge in [-0.1, -0.05) is 92.8 Å². The summed E-state index contributed by atoms with van der Waals surface area (Å²) in [5, 5.41) is 0. The van der Waals surface area contributed by atoms with Crippen LogP contribution in [-0.2, 0) is 22.6 Å². The van der Waals surface area contributed by atoms with Gasteiger partial charge in [-0.05, 0) is 80.6 Å². The van der Waals surface area contributed by atoms with E-state index in [0.717, 1.165) is 75.3 Å². The first kappa shape index (κ1) is 29.7. The third kappa shape index (κ3) is 10.7. The molecule has 0 saturated carbocycles. The highest BCUT2D eigenvalue weighted by atomic mass is 16.5. The second-order valence-electron chi connectivity index (χ2n) is 10.7. The van der Waals surface area contributed by atoms with E-state index >= 15 is 0 Å². The van der Waals surface area contributed by atoms with Gasteiger partial charge in [-0.2, -0.15) is 0 Å². The number of nitrogens with zero attached hydrogens (tertiary/aromatic N) is 1. The molecule has 0 aliphatic carbocycles. The van der Waals surface area contributed by atoms with Gasteiger partial charge in [0.05, 0.1) is 13.2 Å². The van der Waals surface area contributed by atoms with E-state index in [0.29, 0.717) is 13.2 Å². The van der Waals surface area contributed by atoms with Gasteiger partial charge >= 0.3 is 5.97 Å². The van der Waals surface area contributed by atoms with Crippen LogP contribution in [0.2, 0.25) is 0 Å². The number of rotatable bonds is 17. The van der Waals surface area contributed by atoms with Crippen molar-refractivity contribution in [3.8, 4) is 11.5 Å². The topological polar surface area (TPSA) is 48.0 Å². The predicted molar refractivity (Wildman–Crippen MR) is 161 cm³/mol. The number of carbonyl (C=O) groups is 1. The molecule has 0 spiro atoms. The Hall–Kier alpha value is -3.31. The van der Waals surface area contributed by atoms with E-state index in [4.69, 9.17) is 14.2 Å². The third-order valence-electron chi connectivity index (χ3n) is 7.50. The smallest absolute Gasteiger partial charge is 0.323 e. The number of piperidine rings is 1. The Kier molecular flexibility index (Phi) is 12.9. The minimum Gasteiger partial charge on any atom is -0.494 e. The molecule has 3 aromatic rings. The summed E-state index contributed by atoms with van der Waals surface area (Å²) in [7, 11) is 0. The van der Waals surface area contributed by atoms with Crippen molar-refractivity contribution >= 4 is 5.97 Å². The van der Waals surface area contributed by atoms with E-state index in [1.807, 2.05) is 60.7 Å². The molecule has 1 aliphatic rings. The lowest BCUT2D eigenvalue weighted by atomic mass is 10.0. The van der Waals surface area contributed by atoms with Crippen molar-refractivity contribution in [3.63, 3.8) is 0 Å². The molecule has 1 unspecified atom stereocenters. The van der Waals surface area contributed by atoms with Crippen LogP contribution in [0.5, 0.6) is 11.5 Å². The van der Waals surface area contributed by atoms with Gasteiger partial charge in [-0.15, -0.1) is 0 Å². The number of benzene rings is 3. The van der Waals surface area contributed by atoms with Crippen LogP contribution in [0.1, 0.15) is 68.9 Å². The SMILES string of the molecule is O=C(OCCCCCCCCOc1ccc(OCc2ccccc2)cc1)C(Cc1ccccc1)N1CCCCC1. The Morgan fingerprint density at radius 1 is 0.625 bits per heavy atom. The Bertz CT molecular complexity index is 1080. The number of hydrogen-bond acceptors (Lipinski definition) is 5. The molecule has 1 saturated heterocycles. The molecule has 4 rings (SSSR count). The normalized spacial score (nSPS) is 14.4. The van der Waals surface area contributed by atoms with Crippen molar-refractivity contribution in [2.75, 3.05) is 26.3 Å². The molecule has 40 heavy (non-hydrogen) atoms. The zero-order valence-corrected chi connectivity index (χ0v) is 23.8. The van der Waals surface area contributed by atoms with Gasteiger partial charge < -0.3 is 14.2 Å². The molecule has 0 amide bonds. The zero-order valence-electron chi connectivity index (χ0n) is 23.8. The number of carbonyl (C=O) groups excluding carboxylic acids is 1. The second-order valence-corrected chi connectivity index (χ2v) is 10.7. The van der Waals surface area contributed by atoms with Crippen LogP contribution in [0.3, 0.4) is 0 Å². The highest BCUT2D eigenvalue weighted by Crippen LogP contribution is 2.20. The fourth-order valence-electron chi connectivity index (χ4n) is 5.17. The molecular formula is C35H45NO4. The van der Waals surface area contributed by atoms with Gasteiger partial charge in [-0.25, -0.2) is 0 Å². The van der Waals surface area contributed by atoms with E-state index in [-0.39, 0.29) is 12.0 Å². The van der Waals surface area contributed by atoms with Crippen LogP contribution in [0, 0.1) is 0 Å². The van der Waals surface area contributed by atoms with Crippen molar-refractivity contribution in [2.24, 2.45) is 0 Å². The van der Waals surface area contributed by atoms with Gasteiger partial charge in [0, 0.05) is 0 Å². The predicted octanol–water partition coefficient (Wildman–Crippen LogP) is 7.63. The van der Waals surface area contributed by atoms with E-state index in [1.165, 1.54) is 31.2 Å². The maximum Gasteiger partial charge on any atom is 0.323 e. The molecule has 0 bridgehead atoms. The van der Waals surface area contributed by atoms with Crippen molar-refractivity contribution in [3.05, 3.63) is 96.1 Å². The van der Waals surface area contributed by atoms with Crippen LogP contribution in [0.15, 0.2) is 84.9 Å². The lowest BCUT2D eigenvalue weighted by molar-refractivity contribution is -0.150. The average Bonchev–Trinajstić information content (AvgIpc) is 3.01. The lowest BCUT2D eigenvalue weighted by Gasteiger charge is -2.33. The summed E-state index contributed by atoms with van der Waals surface area (Å²) in [5.74, 6) is 1.67. The van der Waals surface area contributed by atoms with Crippen LogP contribution in [-0.4, -0.2) is 43.2 Å². The molecule has 0 aromatic heterocycles. The molecule has 1 atom stereocenters. The number of hydrogen-bond donors (Lipinski definition) is 0. The number of ether oxygens (including phenoxy) is 3. The molecule has 1 fully saturated rings. The Morgan fingerprint density at radius 3 is 1.82 bits per heavy atom. The highest BCUT2D eigenvalue weighted by Gasteiger charge is 2.28. The maximum atomic E-state index is 13.0. The van der Waals surface area contributed by atoms with E-state index in [9.17, 15) is 4.79 Å². The first-order chi connectivity index (χ1) is 19.8. The molecule has 0 N–H and O–H groups in total. The zero-order chi connectivity index (χ0) is 27.7. The summed E-state index contributed by atoms with van der Waals surface area (Å²) in [5.41, 5.74) is 2.35. The molecule has 1 aliphatic heterocycles. The third-order valence-corrected chi connectivity index (χ3v) is 7.50. The summed E-state index contributed by atoms with van der Waals surface area (Å²) in [4.78, 5) is 15.3. The van der Waals surface area contributed by atoms with Crippen LogP contribution < -0.4 is 9.47 Å². The van der Waals surface area contributed by atoms with Gasteiger partial charge in [0.2, 0.25) is 0 Å². The molecule has 214 valence electrons.